The molecule has 1 saturated heterocycles. The molecule has 0 aliphatic carbocycles. The van der Waals surface area contributed by atoms with E-state index in [4.69, 9.17) is 4.74 Å². The zero-order chi connectivity index (χ0) is 16.5. The molecule has 2 rings (SSSR count). The summed E-state index contributed by atoms with van der Waals surface area (Å²) in [6, 6.07) is 0. The van der Waals surface area contributed by atoms with Gasteiger partial charge in [-0.05, 0) is 19.3 Å². The molecule has 1 aromatic heterocycles. The van der Waals surface area contributed by atoms with E-state index < -0.39 is 0 Å². The van der Waals surface area contributed by atoms with Crippen molar-refractivity contribution in [1.29, 1.82) is 0 Å². The number of ether oxygens (including phenoxy) is 1. The van der Waals surface area contributed by atoms with Crippen molar-refractivity contribution in [2.75, 3.05) is 40.0 Å². The van der Waals surface area contributed by atoms with E-state index in [1.165, 1.54) is 5.01 Å². The lowest BCUT2D eigenvalue weighted by Crippen LogP contribution is -2.45. The van der Waals surface area contributed by atoms with Crippen molar-refractivity contribution in [2.45, 2.75) is 32.6 Å². The van der Waals surface area contributed by atoms with Gasteiger partial charge in [0.2, 0.25) is 0 Å². The quantitative estimate of drug-likeness (QED) is 0.490. The van der Waals surface area contributed by atoms with Gasteiger partial charge in [-0.25, -0.2) is 4.98 Å². The van der Waals surface area contributed by atoms with Gasteiger partial charge in [0.1, 0.15) is 0 Å². The highest BCUT2D eigenvalue weighted by Crippen LogP contribution is 2.31. The molecule has 0 bridgehead atoms. The third kappa shape index (κ3) is 5.44. The fraction of sp³-hybridized carbons (Fsp3) is 0.750. The van der Waals surface area contributed by atoms with Gasteiger partial charge in [0.15, 0.2) is 5.96 Å². The van der Waals surface area contributed by atoms with Crippen molar-refractivity contribution in [3.63, 3.8) is 0 Å². The van der Waals surface area contributed by atoms with Crippen LogP contribution >= 0.6 is 11.3 Å². The standard InChI is InChI=1S/C16H28N4O2S/c1-3-14-20-13(10-23-14)4-7-18-15(17-2)19-11-16(5-8-21)6-9-22-12-16/h10,21H,3-9,11-12H2,1-2H3,(H2,17,18,19). The van der Waals surface area contributed by atoms with Crippen LogP contribution in [0, 0.1) is 5.41 Å². The molecule has 0 aromatic carbocycles. The lowest BCUT2D eigenvalue weighted by atomic mass is 9.84. The van der Waals surface area contributed by atoms with Gasteiger partial charge in [-0.2, -0.15) is 0 Å². The maximum absolute atomic E-state index is 9.27. The van der Waals surface area contributed by atoms with Crippen LogP contribution < -0.4 is 10.6 Å². The first-order chi connectivity index (χ1) is 11.2. The number of guanidine groups is 1. The summed E-state index contributed by atoms with van der Waals surface area (Å²) in [5.74, 6) is 0.792. The molecular weight excluding hydrogens is 312 g/mol. The van der Waals surface area contributed by atoms with E-state index in [1.807, 2.05) is 0 Å². The predicted octanol–water partition coefficient (Wildman–Crippen LogP) is 1.20. The maximum atomic E-state index is 9.27. The summed E-state index contributed by atoms with van der Waals surface area (Å²) >= 11 is 1.72. The highest BCUT2D eigenvalue weighted by Gasteiger charge is 2.34. The Kier molecular flexibility index (Phi) is 7.26. The summed E-state index contributed by atoms with van der Waals surface area (Å²) < 4.78 is 5.51. The Balaban J connectivity index is 1.74. The van der Waals surface area contributed by atoms with Crippen LogP contribution in [0.4, 0.5) is 0 Å². The van der Waals surface area contributed by atoms with Crippen molar-refractivity contribution in [2.24, 2.45) is 10.4 Å². The van der Waals surface area contributed by atoms with Crippen molar-refractivity contribution >= 4 is 17.3 Å². The number of nitrogens with one attached hydrogen (secondary N) is 2. The lowest BCUT2D eigenvalue weighted by molar-refractivity contribution is 0.127. The average molecular weight is 340 g/mol. The minimum Gasteiger partial charge on any atom is -0.396 e. The van der Waals surface area contributed by atoms with Crippen LogP contribution in [-0.4, -0.2) is 56.0 Å². The molecule has 23 heavy (non-hydrogen) atoms. The van der Waals surface area contributed by atoms with Crippen LogP contribution in [0.5, 0.6) is 0 Å². The molecule has 0 amide bonds. The third-order valence-electron chi connectivity index (χ3n) is 4.26. The van der Waals surface area contributed by atoms with E-state index in [-0.39, 0.29) is 12.0 Å². The molecule has 1 aromatic rings. The molecular formula is C16H28N4O2S. The van der Waals surface area contributed by atoms with E-state index >= 15 is 0 Å². The van der Waals surface area contributed by atoms with Gasteiger partial charge in [-0.15, -0.1) is 11.3 Å². The summed E-state index contributed by atoms with van der Waals surface area (Å²) in [5, 5.41) is 19.3. The van der Waals surface area contributed by atoms with Crippen molar-refractivity contribution < 1.29 is 9.84 Å². The van der Waals surface area contributed by atoms with Crippen LogP contribution in [-0.2, 0) is 17.6 Å². The van der Waals surface area contributed by atoms with Gasteiger partial charge in [0.05, 0.1) is 17.3 Å². The third-order valence-corrected chi connectivity index (χ3v) is 5.30. The lowest BCUT2D eigenvalue weighted by Gasteiger charge is -2.27. The first-order valence-corrected chi connectivity index (χ1v) is 9.16. The summed E-state index contributed by atoms with van der Waals surface area (Å²) in [4.78, 5) is 8.84. The molecule has 6 nitrogen and oxygen atoms in total. The predicted molar refractivity (Wildman–Crippen MR) is 94.1 cm³/mol. The molecule has 130 valence electrons. The van der Waals surface area contributed by atoms with Gasteiger partial charge in [0.25, 0.3) is 0 Å². The second-order valence-electron chi connectivity index (χ2n) is 5.96. The Labute approximate surface area is 142 Å². The fourth-order valence-corrected chi connectivity index (χ4v) is 3.52. The summed E-state index contributed by atoms with van der Waals surface area (Å²) in [7, 11) is 1.78. The largest absolute Gasteiger partial charge is 0.396 e. The SMILES string of the molecule is CCc1nc(CCNC(=NC)NCC2(CCO)CCOC2)cs1. The summed E-state index contributed by atoms with van der Waals surface area (Å²) in [6.45, 7) is 5.37. The molecule has 2 heterocycles. The van der Waals surface area contributed by atoms with E-state index in [0.717, 1.165) is 57.0 Å². The summed E-state index contributed by atoms with van der Waals surface area (Å²) in [6.07, 6.45) is 3.63. The van der Waals surface area contributed by atoms with Crippen LogP contribution in [0.25, 0.3) is 0 Å². The normalized spacial score (nSPS) is 21.6. The molecule has 1 aliphatic heterocycles. The second-order valence-corrected chi connectivity index (χ2v) is 6.91. The highest BCUT2D eigenvalue weighted by atomic mass is 32.1. The minimum absolute atomic E-state index is 0.0251. The number of thiazole rings is 1. The number of aryl methyl sites for hydroxylation is 1. The van der Waals surface area contributed by atoms with Crippen molar-refractivity contribution in [3.8, 4) is 0 Å². The number of aliphatic imine (C=N–C) groups is 1. The molecule has 1 aliphatic rings. The monoisotopic (exact) mass is 340 g/mol. The molecule has 1 fully saturated rings. The number of aliphatic hydroxyl groups excluding tert-OH is 1. The number of aromatic nitrogens is 1. The molecule has 0 saturated carbocycles. The summed E-state index contributed by atoms with van der Waals surface area (Å²) in [5.41, 5.74) is 1.16. The Morgan fingerprint density at radius 1 is 1.52 bits per heavy atom. The van der Waals surface area contributed by atoms with Crippen molar-refractivity contribution in [3.05, 3.63) is 16.1 Å². The van der Waals surface area contributed by atoms with Crippen LogP contribution in [0.1, 0.15) is 30.5 Å². The zero-order valence-electron chi connectivity index (χ0n) is 14.1. The zero-order valence-corrected chi connectivity index (χ0v) is 14.9. The molecule has 0 spiro atoms. The first kappa shape index (κ1) is 18.2. The van der Waals surface area contributed by atoms with E-state index in [1.54, 1.807) is 18.4 Å². The number of nitrogens with zero attached hydrogens (tertiary/aromatic N) is 2. The number of rotatable bonds is 8. The maximum Gasteiger partial charge on any atom is 0.191 e. The molecule has 0 radical (unpaired) electrons. The number of hydrogen-bond donors (Lipinski definition) is 3. The second kappa shape index (κ2) is 9.20. The smallest absolute Gasteiger partial charge is 0.191 e. The van der Waals surface area contributed by atoms with Gasteiger partial charge >= 0.3 is 0 Å². The Hall–Kier alpha value is -1.18. The van der Waals surface area contributed by atoms with E-state index in [0.29, 0.717) is 6.61 Å². The van der Waals surface area contributed by atoms with Crippen LogP contribution in [0.3, 0.4) is 0 Å². The van der Waals surface area contributed by atoms with Crippen molar-refractivity contribution in [1.82, 2.24) is 15.6 Å². The van der Waals surface area contributed by atoms with Gasteiger partial charge in [-0.3, -0.25) is 4.99 Å². The Morgan fingerprint density at radius 3 is 3.00 bits per heavy atom. The van der Waals surface area contributed by atoms with Crippen LogP contribution in [0.2, 0.25) is 0 Å². The number of hydrogen-bond acceptors (Lipinski definition) is 5. The topological polar surface area (TPSA) is 78.8 Å². The van der Waals surface area contributed by atoms with Gasteiger partial charge in [0, 0.05) is 50.6 Å². The van der Waals surface area contributed by atoms with Crippen LogP contribution in [0.15, 0.2) is 10.4 Å². The molecule has 7 heteroatoms. The Morgan fingerprint density at radius 2 is 2.39 bits per heavy atom. The molecule has 3 N–H and O–H groups in total. The van der Waals surface area contributed by atoms with E-state index in [9.17, 15) is 5.11 Å². The molecule has 1 unspecified atom stereocenters. The average Bonchev–Trinajstić information content (AvgIpc) is 3.21. The Bertz CT molecular complexity index is 498. The highest BCUT2D eigenvalue weighted by molar-refractivity contribution is 7.09. The van der Waals surface area contributed by atoms with E-state index in [2.05, 4.69) is 32.9 Å². The molecule has 1 atom stereocenters. The number of aliphatic hydroxyl groups is 1. The first-order valence-electron chi connectivity index (χ1n) is 8.28. The minimum atomic E-state index is 0.0251. The van der Waals surface area contributed by atoms with Gasteiger partial charge < -0.3 is 20.5 Å². The van der Waals surface area contributed by atoms with Gasteiger partial charge in [-0.1, -0.05) is 6.92 Å². The fourth-order valence-electron chi connectivity index (χ4n) is 2.74.